The summed E-state index contributed by atoms with van der Waals surface area (Å²) < 4.78 is 6.49. The van der Waals surface area contributed by atoms with E-state index < -0.39 is 8.07 Å². The van der Waals surface area contributed by atoms with Crippen LogP contribution >= 0.6 is 0 Å². The number of furan rings is 1. The number of hydrogen-bond acceptors (Lipinski definition) is 2. The van der Waals surface area contributed by atoms with E-state index in [1.165, 1.54) is 56.9 Å². The topological polar surface area (TPSA) is 16.4 Å². The second-order valence-corrected chi connectivity index (χ2v) is 21.3. The average molecular weight is 600 g/mol. The van der Waals surface area contributed by atoms with Gasteiger partial charge in [-0.1, -0.05) is 122 Å². The molecule has 1 heterocycles. The molecule has 0 unspecified atom stereocenters. The molecule has 0 aliphatic heterocycles. The summed E-state index contributed by atoms with van der Waals surface area (Å²) in [5.41, 5.74) is 11.3. The molecule has 4 aromatic carbocycles. The minimum atomic E-state index is -1.57. The highest BCUT2D eigenvalue weighted by Gasteiger charge is 2.38. The first kappa shape index (κ1) is 30.5. The molecule has 44 heavy (non-hydrogen) atoms. The van der Waals surface area contributed by atoms with Crippen molar-refractivity contribution in [1.82, 2.24) is 0 Å². The Hall–Kier alpha value is -3.56. The van der Waals surface area contributed by atoms with Crippen LogP contribution in [0.4, 0.5) is 17.1 Å². The number of anilines is 3. The summed E-state index contributed by atoms with van der Waals surface area (Å²) in [5, 5.41) is 2.62. The van der Waals surface area contributed by atoms with Crippen molar-refractivity contribution in [1.29, 1.82) is 0 Å². The van der Waals surface area contributed by atoms with E-state index in [2.05, 4.69) is 158 Å². The van der Waals surface area contributed by atoms with Crippen LogP contribution in [-0.4, -0.2) is 8.07 Å². The Bertz CT molecular complexity index is 1830. The van der Waals surface area contributed by atoms with Gasteiger partial charge in [0.15, 0.2) is 0 Å². The van der Waals surface area contributed by atoms with Gasteiger partial charge in [0, 0.05) is 16.6 Å². The van der Waals surface area contributed by atoms with Crippen molar-refractivity contribution >= 4 is 41.3 Å². The molecule has 3 heteroatoms. The summed E-state index contributed by atoms with van der Waals surface area (Å²) in [6, 6.07) is 31.9. The Kier molecular flexibility index (Phi) is 7.28. The second kappa shape index (κ2) is 10.5. The molecular formula is C41H49NOSi. The summed E-state index contributed by atoms with van der Waals surface area (Å²) in [7, 11) is -1.57. The van der Waals surface area contributed by atoms with Crippen LogP contribution in [0.1, 0.15) is 78.0 Å². The van der Waals surface area contributed by atoms with Crippen molar-refractivity contribution in [2.45, 2.75) is 97.2 Å². The number of benzene rings is 4. The standard InChI is InChI=1S/C41H49NOSi/c1-39(2,3)29-19-20-36(32(23-29)28-15-12-11-13-16-28)42(30-17-14-18-31(24-30)44(8,9)10)37-27-43-38-26-35-34(25-33(37)38)40(4,5)21-22-41(35,6)7/h11-20,23-27H,21-22H2,1-10H3. The summed E-state index contributed by atoms with van der Waals surface area (Å²) in [6.07, 6.45) is 4.35. The maximum Gasteiger partial charge on any atom is 0.136 e. The Morgan fingerprint density at radius 1 is 0.705 bits per heavy atom. The van der Waals surface area contributed by atoms with E-state index in [9.17, 15) is 0 Å². The molecule has 2 nitrogen and oxygen atoms in total. The maximum absolute atomic E-state index is 6.49. The number of hydrogen-bond donors (Lipinski definition) is 0. The largest absolute Gasteiger partial charge is 0.462 e. The number of fused-ring (bicyclic) bond motifs is 2. The third-order valence-corrected chi connectivity index (χ3v) is 12.0. The summed E-state index contributed by atoms with van der Waals surface area (Å²) in [5.74, 6) is 0. The Labute approximate surface area is 266 Å². The van der Waals surface area contributed by atoms with Crippen LogP contribution in [-0.2, 0) is 16.2 Å². The van der Waals surface area contributed by atoms with Crippen LogP contribution in [0.3, 0.4) is 0 Å². The highest BCUT2D eigenvalue weighted by atomic mass is 28.3. The molecule has 0 spiro atoms. The fourth-order valence-electron chi connectivity index (χ4n) is 6.81. The van der Waals surface area contributed by atoms with Gasteiger partial charge in [-0.25, -0.2) is 0 Å². The van der Waals surface area contributed by atoms with Crippen molar-refractivity contribution in [3.63, 3.8) is 0 Å². The van der Waals surface area contributed by atoms with Gasteiger partial charge in [-0.15, -0.1) is 0 Å². The van der Waals surface area contributed by atoms with Gasteiger partial charge in [0.25, 0.3) is 0 Å². The van der Waals surface area contributed by atoms with E-state index in [4.69, 9.17) is 4.42 Å². The molecule has 1 aliphatic rings. The molecule has 0 amide bonds. The zero-order chi connectivity index (χ0) is 31.7. The minimum absolute atomic E-state index is 0.0322. The van der Waals surface area contributed by atoms with Crippen molar-refractivity contribution in [2.24, 2.45) is 0 Å². The Morgan fingerprint density at radius 2 is 1.36 bits per heavy atom. The molecule has 0 bridgehead atoms. The van der Waals surface area contributed by atoms with Gasteiger partial charge in [0.1, 0.15) is 11.8 Å². The lowest BCUT2D eigenvalue weighted by Crippen LogP contribution is -2.37. The predicted octanol–water partition coefficient (Wildman–Crippen LogP) is 11.8. The first-order valence-electron chi connectivity index (χ1n) is 16.2. The summed E-state index contributed by atoms with van der Waals surface area (Å²) in [4.78, 5) is 2.46. The molecule has 0 N–H and O–H groups in total. The van der Waals surface area contributed by atoms with Crippen LogP contribution in [0, 0.1) is 0 Å². The lowest BCUT2D eigenvalue weighted by Gasteiger charge is -2.41. The Morgan fingerprint density at radius 3 is 2.00 bits per heavy atom. The predicted molar refractivity (Wildman–Crippen MR) is 193 cm³/mol. The summed E-state index contributed by atoms with van der Waals surface area (Å²) in [6.45, 7) is 23.7. The molecule has 228 valence electrons. The third kappa shape index (κ3) is 5.45. The third-order valence-electron chi connectivity index (χ3n) is 9.93. The smallest absolute Gasteiger partial charge is 0.136 e. The first-order valence-corrected chi connectivity index (χ1v) is 19.7. The maximum atomic E-state index is 6.49. The molecule has 1 aromatic heterocycles. The highest BCUT2D eigenvalue weighted by Crippen LogP contribution is 2.50. The van der Waals surface area contributed by atoms with E-state index in [0.717, 1.165) is 17.0 Å². The van der Waals surface area contributed by atoms with Crippen molar-refractivity contribution in [3.8, 4) is 11.1 Å². The van der Waals surface area contributed by atoms with Crippen molar-refractivity contribution < 1.29 is 4.42 Å². The normalized spacial score (nSPS) is 16.1. The molecular weight excluding hydrogens is 551 g/mol. The SMILES string of the molecule is CC(C)(C)c1ccc(N(c2cccc([Si](C)(C)C)c2)c2coc3cc4c(cc23)C(C)(C)CCC4(C)C)c(-c2ccccc2)c1. The van der Waals surface area contributed by atoms with Gasteiger partial charge in [0.05, 0.1) is 19.4 Å². The van der Waals surface area contributed by atoms with Crippen LogP contribution in [0.2, 0.25) is 19.6 Å². The zero-order valence-electron chi connectivity index (χ0n) is 28.4. The fraction of sp³-hybridized carbons (Fsp3) is 0.366. The first-order chi connectivity index (χ1) is 20.6. The van der Waals surface area contributed by atoms with E-state index in [0.29, 0.717) is 0 Å². The fourth-order valence-corrected chi connectivity index (χ4v) is 7.99. The van der Waals surface area contributed by atoms with Gasteiger partial charge in [-0.3, -0.25) is 0 Å². The van der Waals surface area contributed by atoms with E-state index in [-0.39, 0.29) is 16.2 Å². The van der Waals surface area contributed by atoms with Gasteiger partial charge >= 0.3 is 0 Å². The lowest BCUT2D eigenvalue weighted by atomic mass is 9.63. The van der Waals surface area contributed by atoms with Crippen LogP contribution < -0.4 is 10.1 Å². The lowest BCUT2D eigenvalue weighted by molar-refractivity contribution is 0.332. The molecule has 0 saturated heterocycles. The zero-order valence-corrected chi connectivity index (χ0v) is 29.4. The van der Waals surface area contributed by atoms with E-state index in [1.807, 2.05) is 6.26 Å². The Balaban J connectivity index is 1.67. The molecule has 0 atom stereocenters. The molecule has 0 fully saturated rings. The van der Waals surface area contributed by atoms with Crippen LogP contribution in [0.5, 0.6) is 0 Å². The molecule has 0 saturated carbocycles. The molecule has 0 radical (unpaired) electrons. The van der Waals surface area contributed by atoms with Crippen molar-refractivity contribution in [3.05, 3.63) is 108 Å². The minimum Gasteiger partial charge on any atom is -0.462 e. The van der Waals surface area contributed by atoms with E-state index >= 15 is 0 Å². The van der Waals surface area contributed by atoms with Gasteiger partial charge in [-0.2, -0.15) is 0 Å². The van der Waals surface area contributed by atoms with Crippen LogP contribution in [0.25, 0.3) is 22.1 Å². The van der Waals surface area contributed by atoms with Gasteiger partial charge in [0.2, 0.25) is 0 Å². The second-order valence-electron chi connectivity index (χ2n) is 16.3. The highest BCUT2D eigenvalue weighted by molar-refractivity contribution is 6.88. The molecule has 1 aliphatic carbocycles. The quantitative estimate of drug-likeness (QED) is 0.187. The average Bonchev–Trinajstić information content (AvgIpc) is 3.38. The monoisotopic (exact) mass is 599 g/mol. The van der Waals surface area contributed by atoms with Crippen molar-refractivity contribution in [2.75, 3.05) is 4.90 Å². The van der Waals surface area contributed by atoms with Gasteiger partial charge < -0.3 is 9.32 Å². The van der Waals surface area contributed by atoms with E-state index in [1.54, 1.807) is 0 Å². The summed E-state index contributed by atoms with van der Waals surface area (Å²) >= 11 is 0. The van der Waals surface area contributed by atoms with Crippen LogP contribution in [0.15, 0.2) is 95.6 Å². The number of nitrogens with zero attached hydrogens (tertiary/aromatic N) is 1. The van der Waals surface area contributed by atoms with Gasteiger partial charge in [-0.05, 0) is 87.7 Å². The number of rotatable bonds is 5. The molecule has 5 aromatic rings. The molecule has 6 rings (SSSR count).